The van der Waals surface area contributed by atoms with Gasteiger partial charge in [0.05, 0.1) is 19.3 Å². The topological polar surface area (TPSA) is 47.9 Å². The van der Waals surface area contributed by atoms with E-state index in [2.05, 4.69) is 0 Å². The summed E-state index contributed by atoms with van der Waals surface area (Å²) in [5, 5.41) is 9.42. The normalized spacial score (nSPS) is 52.5. The molecule has 80 valence electrons. The number of hydrogen-bond acceptors (Lipinski definition) is 4. The Kier molecular flexibility index (Phi) is 2.06. The lowest BCUT2D eigenvalue weighted by Gasteiger charge is -2.34. The van der Waals surface area contributed by atoms with Crippen molar-refractivity contribution in [3.05, 3.63) is 0 Å². The van der Waals surface area contributed by atoms with Gasteiger partial charge >= 0.3 is 0 Å². The van der Waals surface area contributed by atoms with Crippen LogP contribution in [0, 0.1) is 0 Å². The van der Waals surface area contributed by atoms with Gasteiger partial charge in [0.15, 0.2) is 5.79 Å². The van der Waals surface area contributed by atoms with Gasteiger partial charge in [-0.15, -0.1) is 0 Å². The summed E-state index contributed by atoms with van der Waals surface area (Å²) in [4.78, 5) is 0. The molecule has 14 heavy (non-hydrogen) atoms. The molecule has 1 spiro atoms. The molecule has 2 aliphatic heterocycles. The molecular weight excluding hydrogens is 184 g/mol. The second-order valence-corrected chi connectivity index (χ2v) is 4.49. The molecule has 1 N–H and O–H groups in total. The summed E-state index contributed by atoms with van der Waals surface area (Å²) in [5.41, 5.74) is 0. The first-order valence-corrected chi connectivity index (χ1v) is 5.39. The first-order chi connectivity index (χ1) is 6.77. The molecule has 4 heteroatoms. The van der Waals surface area contributed by atoms with E-state index in [1.54, 1.807) is 0 Å². The minimum Gasteiger partial charge on any atom is -0.393 e. The van der Waals surface area contributed by atoms with Gasteiger partial charge in [-0.1, -0.05) is 0 Å². The third-order valence-electron chi connectivity index (χ3n) is 3.43. The van der Waals surface area contributed by atoms with Gasteiger partial charge in [0.25, 0.3) is 0 Å². The Labute approximate surface area is 83.1 Å². The van der Waals surface area contributed by atoms with Crippen molar-refractivity contribution in [2.24, 2.45) is 0 Å². The zero-order valence-corrected chi connectivity index (χ0v) is 8.15. The lowest BCUT2D eigenvalue weighted by Crippen LogP contribution is -2.38. The van der Waals surface area contributed by atoms with E-state index in [1.165, 1.54) is 0 Å². The molecule has 4 nitrogen and oxygen atoms in total. The van der Waals surface area contributed by atoms with Crippen LogP contribution in [0.5, 0.6) is 0 Å². The fourth-order valence-electron chi connectivity index (χ4n) is 2.59. The average molecular weight is 200 g/mol. The van der Waals surface area contributed by atoms with E-state index >= 15 is 0 Å². The van der Waals surface area contributed by atoms with Crippen molar-refractivity contribution < 1.29 is 19.3 Å². The summed E-state index contributed by atoms with van der Waals surface area (Å²) < 4.78 is 17.1. The van der Waals surface area contributed by atoms with E-state index in [9.17, 15) is 5.11 Å². The molecule has 1 aliphatic carbocycles. The predicted octanol–water partition coefficient (Wildman–Crippen LogP) is 0.432. The van der Waals surface area contributed by atoms with Gasteiger partial charge in [-0.2, -0.15) is 0 Å². The number of ether oxygens (including phenoxy) is 3. The molecule has 0 aromatic heterocycles. The summed E-state index contributed by atoms with van der Waals surface area (Å²) in [7, 11) is 0. The molecule has 0 aromatic carbocycles. The van der Waals surface area contributed by atoms with Crippen molar-refractivity contribution in [3.63, 3.8) is 0 Å². The smallest absolute Gasteiger partial charge is 0.169 e. The van der Waals surface area contributed by atoms with Crippen LogP contribution in [0.1, 0.15) is 25.7 Å². The lowest BCUT2D eigenvalue weighted by molar-refractivity contribution is -0.216. The summed E-state index contributed by atoms with van der Waals surface area (Å²) in [5.74, 6) is -0.391. The van der Waals surface area contributed by atoms with E-state index in [0.29, 0.717) is 13.2 Å². The van der Waals surface area contributed by atoms with E-state index in [4.69, 9.17) is 14.2 Å². The van der Waals surface area contributed by atoms with Crippen LogP contribution in [0.25, 0.3) is 0 Å². The van der Waals surface area contributed by atoms with Crippen LogP contribution in [-0.4, -0.2) is 42.4 Å². The Hall–Kier alpha value is -0.160. The molecule has 2 saturated heterocycles. The van der Waals surface area contributed by atoms with Gasteiger partial charge in [-0.3, -0.25) is 0 Å². The van der Waals surface area contributed by atoms with Crippen LogP contribution in [0.4, 0.5) is 0 Å². The highest BCUT2D eigenvalue weighted by Gasteiger charge is 2.51. The van der Waals surface area contributed by atoms with Gasteiger partial charge in [-0.05, 0) is 12.8 Å². The Morgan fingerprint density at radius 3 is 2.14 bits per heavy atom. The fraction of sp³-hybridized carbons (Fsp3) is 1.00. The van der Waals surface area contributed by atoms with Crippen molar-refractivity contribution in [1.82, 2.24) is 0 Å². The Morgan fingerprint density at radius 2 is 1.57 bits per heavy atom. The van der Waals surface area contributed by atoms with Crippen molar-refractivity contribution in [1.29, 1.82) is 0 Å². The zero-order chi connectivity index (χ0) is 9.60. The van der Waals surface area contributed by atoms with E-state index in [0.717, 1.165) is 25.7 Å². The van der Waals surface area contributed by atoms with Crippen molar-refractivity contribution >= 4 is 0 Å². The van der Waals surface area contributed by atoms with Crippen molar-refractivity contribution in [3.8, 4) is 0 Å². The van der Waals surface area contributed by atoms with Crippen LogP contribution in [-0.2, 0) is 14.2 Å². The maximum Gasteiger partial charge on any atom is 0.169 e. The van der Waals surface area contributed by atoms with Crippen LogP contribution in [0.3, 0.4) is 0 Å². The van der Waals surface area contributed by atoms with Crippen LogP contribution in [0.2, 0.25) is 0 Å². The highest BCUT2D eigenvalue weighted by atomic mass is 16.8. The molecule has 2 atom stereocenters. The number of rotatable bonds is 0. The van der Waals surface area contributed by atoms with Crippen LogP contribution < -0.4 is 0 Å². The molecule has 2 heterocycles. The minimum absolute atomic E-state index is 0.130. The third-order valence-corrected chi connectivity index (χ3v) is 3.43. The van der Waals surface area contributed by atoms with Gasteiger partial charge in [0.2, 0.25) is 0 Å². The SMILES string of the molecule is OC1CCC2(CC1)O[C@H]1COC[C@@H]1O2. The van der Waals surface area contributed by atoms with Gasteiger partial charge in [-0.25, -0.2) is 0 Å². The first kappa shape index (κ1) is 9.09. The summed E-state index contributed by atoms with van der Waals surface area (Å²) >= 11 is 0. The number of hydrogen-bond donors (Lipinski definition) is 1. The van der Waals surface area contributed by atoms with Crippen molar-refractivity contribution in [2.45, 2.75) is 49.8 Å². The second kappa shape index (κ2) is 3.17. The maximum atomic E-state index is 9.42. The molecule has 0 amide bonds. The molecule has 3 fully saturated rings. The highest BCUT2D eigenvalue weighted by Crippen LogP contribution is 2.42. The molecule has 3 rings (SSSR count). The molecule has 0 unspecified atom stereocenters. The molecule has 0 aromatic rings. The van der Waals surface area contributed by atoms with Crippen molar-refractivity contribution in [2.75, 3.05) is 13.2 Å². The highest BCUT2D eigenvalue weighted by molar-refractivity contribution is 4.92. The number of aliphatic hydroxyl groups excluding tert-OH is 1. The number of aliphatic hydroxyl groups is 1. The average Bonchev–Trinajstić information content (AvgIpc) is 2.69. The van der Waals surface area contributed by atoms with Gasteiger partial charge in [0, 0.05) is 12.8 Å². The van der Waals surface area contributed by atoms with Crippen LogP contribution >= 0.6 is 0 Å². The third kappa shape index (κ3) is 1.37. The maximum absolute atomic E-state index is 9.42. The second-order valence-electron chi connectivity index (χ2n) is 4.49. The van der Waals surface area contributed by atoms with Gasteiger partial charge in [0.1, 0.15) is 12.2 Å². The fourth-order valence-corrected chi connectivity index (χ4v) is 2.59. The monoisotopic (exact) mass is 200 g/mol. The van der Waals surface area contributed by atoms with E-state index in [-0.39, 0.29) is 18.3 Å². The zero-order valence-electron chi connectivity index (χ0n) is 8.15. The van der Waals surface area contributed by atoms with E-state index < -0.39 is 5.79 Å². The molecular formula is C10H16O4. The first-order valence-electron chi connectivity index (χ1n) is 5.39. The molecule has 3 aliphatic rings. The van der Waals surface area contributed by atoms with Gasteiger partial charge < -0.3 is 19.3 Å². The minimum atomic E-state index is -0.391. The van der Waals surface area contributed by atoms with Crippen LogP contribution in [0.15, 0.2) is 0 Å². The summed E-state index contributed by atoms with van der Waals surface area (Å²) in [6, 6.07) is 0. The molecule has 0 radical (unpaired) electrons. The molecule has 1 saturated carbocycles. The molecule has 0 bridgehead atoms. The predicted molar refractivity (Wildman–Crippen MR) is 47.8 cm³/mol. The Morgan fingerprint density at radius 1 is 1.00 bits per heavy atom. The Bertz CT molecular complexity index is 208. The lowest BCUT2D eigenvalue weighted by atomic mass is 9.92. The standard InChI is InChI=1S/C10H16O4/c11-7-1-3-10(4-2-7)13-8-5-12-6-9(8)14-10/h7-9,11H,1-6H2/t8-,9-/m0/s1. The quantitative estimate of drug-likeness (QED) is 0.616. The Balaban J connectivity index is 1.68. The summed E-state index contributed by atoms with van der Waals surface area (Å²) in [6.45, 7) is 1.32. The van der Waals surface area contributed by atoms with E-state index in [1.807, 2.05) is 0 Å². The summed E-state index contributed by atoms with van der Waals surface area (Å²) in [6.07, 6.45) is 3.32. The largest absolute Gasteiger partial charge is 0.393 e. The number of fused-ring (bicyclic) bond motifs is 1.